The minimum atomic E-state index is -0.557. The largest absolute Gasteiger partial charge is 0.393 e. The minimum absolute atomic E-state index is 0.00400. The number of allylic oxidation sites excluding steroid dienone is 2. The highest BCUT2D eigenvalue weighted by atomic mass is 16.5. The normalized spacial score (nSPS) is 25.0. The van der Waals surface area contributed by atoms with E-state index in [1.54, 1.807) is 6.08 Å². The molecule has 0 saturated heterocycles. The highest BCUT2D eigenvalue weighted by Gasteiger charge is 2.40. The van der Waals surface area contributed by atoms with Gasteiger partial charge in [-0.25, -0.2) is 5.48 Å². The van der Waals surface area contributed by atoms with Crippen LogP contribution in [0.25, 0.3) is 0 Å². The van der Waals surface area contributed by atoms with E-state index in [0.29, 0.717) is 18.7 Å². The first-order valence-electron chi connectivity index (χ1n) is 11.0. The first kappa shape index (κ1) is 23.3. The lowest BCUT2D eigenvalue weighted by Gasteiger charge is -2.21. The molecular formula is C23H33N5O3. The summed E-state index contributed by atoms with van der Waals surface area (Å²) >= 11 is 0. The maximum absolute atomic E-state index is 10.5. The molecule has 1 aromatic carbocycles. The summed E-state index contributed by atoms with van der Waals surface area (Å²) in [4.78, 5) is 0. The van der Waals surface area contributed by atoms with Crippen LogP contribution in [0, 0.1) is 11.8 Å². The molecule has 0 aliphatic heterocycles. The number of aliphatic hydroxyl groups is 2. The van der Waals surface area contributed by atoms with E-state index >= 15 is 0 Å². The van der Waals surface area contributed by atoms with Gasteiger partial charge in [0.25, 0.3) is 0 Å². The van der Waals surface area contributed by atoms with Crippen molar-refractivity contribution in [3.05, 3.63) is 66.0 Å². The number of benzene rings is 1. The standard InChI is InChI=1S/C23H33N5O3/c29-18(13-12-17-8-4-3-5-9-17)14-15-19-20(22(30)16-21(19)26-31)10-6-1-2-7-11-23-24-27-28-25-23/h1,3-6,8-9,14-15,18-22,26,29-31H,2,7,10-13,16H2,(H,24,25,27,28)/b6-1+,15-14+. The number of tetrazole rings is 1. The topological polar surface area (TPSA) is 127 Å². The molecule has 1 saturated carbocycles. The van der Waals surface area contributed by atoms with Gasteiger partial charge in [0.2, 0.25) is 0 Å². The van der Waals surface area contributed by atoms with E-state index in [-0.39, 0.29) is 17.9 Å². The summed E-state index contributed by atoms with van der Waals surface area (Å²) in [6, 6.07) is 9.87. The first-order chi connectivity index (χ1) is 15.2. The van der Waals surface area contributed by atoms with Gasteiger partial charge >= 0.3 is 0 Å². The fourth-order valence-electron chi connectivity index (χ4n) is 4.23. The number of aryl methyl sites for hydroxylation is 2. The van der Waals surface area contributed by atoms with Crippen molar-refractivity contribution in [2.75, 3.05) is 0 Å². The molecule has 1 aliphatic rings. The minimum Gasteiger partial charge on any atom is -0.393 e. The summed E-state index contributed by atoms with van der Waals surface area (Å²) in [7, 11) is 0. The SMILES string of the molecule is ONC1CC(O)C(C/C=C/CCCc2nn[nH]n2)C1/C=C/C(O)CCc1ccccc1. The van der Waals surface area contributed by atoms with Crippen molar-refractivity contribution in [3.63, 3.8) is 0 Å². The van der Waals surface area contributed by atoms with Crippen LogP contribution in [0.4, 0.5) is 0 Å². The van der Waals surface area contributed by atoms with E-state index in [1.165, 1.54) is 5.56 Å². The fourth-order valence-corrected chi connectivity index (χ4v) is 4.23. The van der Waals surface area contributed by atoms with Crippen LogP contribution in [0.2, 0.25) is 0 Å². The molecule has 0 spiro atoms. The van der Waals surface area contributed by atoms with E-state index in [0.717, 1.165) is 32.1 Å². The van der Waals surface area contributed by atoms with Gasteiger partial charge in [0, 0.05) is 18.4 Å². The molecule has 3 rings (SSSR count). The van der Waals surface area contributed by atoms with Gasteiger partial charge < -0.3 is 15.4 Å². The van der Waals surface area contributed by atoms with Gasteiger partial charge in [-0.1, -0.05) is 59.8 Å². The van der Waals surface area contributed by atoms with E-state index in [2.05, 4.69) is 50.4 Å². The molecule has 1 aromatic heterocycles. The lowest BCUT2D eigenvalue weighted by Crippen LogP contribution is -2.30. The Bertz CT molecular complexity index is 797. The Balaban J connectivity index is 1.47. The Morgan fingerprint density at radius 1 is 1.19 bits per heavy atom. The maximum Gasteiger partial charge on any atom is 0.174 e. The number of aliphatic hydroxyl groups excluding tert-OH is 2. The summed E-state index contributed by atoms with van der Waals surface area (Å²) < 4.78 is 0. The molecule has 5 unspecified atom stereocenters. The lowest BCUT2D eigenvalue weighted by molar-refractivity contribution is 0.108. The van der Waals surface area contributed by atoms with E-state index in [1.807, 2.05) is 24.3 Å². The molecule has 5 N–H and O–H groups in total. The smallest absolute Gasteiger partial charge is 0.174 e. The Morgan fingerprint density at radius 3 is 2.77 bits per heavy atom. The number of hydroxylamine groups is 1. The predicted octanol–water partition coefficient (Wildman–Crippen LogP) is 2.36. The second-order valence-electron chi connectivity index (χ2n) is 8.18. The van der Waals surface area contributed by atoms with Crippen LogP contribution in [0.15, 0.2) is 54.6 Å². The van der Waals surface area contributed by atoms with Gasteiger partial charge in [0.05, 0.1) is 12.2 Å². The summed E-state index contributed by atoms with van der Waals surface area (Å²) in [5.41, 5.74) is 3.54. The van der Waals surface area contributed by atoms with Crippen LogP contribution in [-0.2, 0) is 12.8 Å². The van der Waals surface area contributed by atoms with Crippen LogP contribution >= 0.6 is 0 Å². The van der Waals surface area contributed by atoms with Gasteiger partial charge in [-0.3, -0.25) is 0 Å². The molecule has 1 aliphatic carbocycles. The third-order valence-corrected chi connectivity index (χ3v) is 5.98. The second kappa shape index (κ2) is 12.5. The molecule has 5 atom stereocenters. The maximum atomic E-state index is 10.5. The molecule has 2 aromatic rings. The number of nitrogens with zero attached hydrogens (tertiary/aromatic N) is 3. The number of H-pyrrole nitrogens is 1. The zero-order chi connectivity index (χ0) is 21.9. The average Bonchev–Trinajstić information content (AvgIpc) is 3.41. The third kappa shape index (κ3) is 7.36. The predicted molar refractivity (Wildman–Crippen MR) is 117 cm³/mol. The number of unbranched alkanes of at least 4 members (excludes halogenated alkanes) is 1. The number of hydrogen-bond acceptors (Lipinski definition) is 7. The molecule has 1 fully saturated rings. The molecule has 0 radical (unpaired) electrons. The molecule has 1 heterocycles. The lowest BCUT2D eigenvalue weighted by atomic mass is 9.89. The molecule has 0 bridgehead atoms. The van der Waals surface area contributed by atoms with Crippen molar-refractivity contribution in [3.8, 4) is 0 Å². The van der Waals surface area contributed by atoms with Crippen LogP contribution in [-0.4, -0.2) is 54.3 Å². The number of rotatable bonds is 12. The monoisotopic (exact) mass is 427 g/mol. The number of nitrogens with one attached hydrogen (secondary N) is 2. The van der Waals surface area contributed by atoms with Gasteiger partial charge in [0.15, 0.2) is 5.82 Å². The van der Waals surface area contributed by atoms with Crippen molar-refractivity contribution in [1.82, 2.24) is 26.1 Å². The molecule has 31 heavy (non-hydrogen) atoms. The van der Waals surface area contributed by atoms with Crippen molar-refractivity contribution in [1.29, 1.82) is 0 Å². The Hall–Kier alpha value is -2.39. The highest BCUT2D eigenvalue weighted by Crippen LogP contribution is 2.36. The third-order valence-electron chi connectivity index (χ3n) is 5.98. The molecule has 168 valence electrons. The summed E-state index contributed by atoms with van der Waals surface area (Å²) in [5, 5.41) is 44.3. The Kier molecular flexibility index (Phi) is 9.36. The number of aromatic amines is 1. The van der Waals surface area contributed by atoms with Crippen molar-refractivity contribution < 1.29 is 15.4 Å². The highest BCUT2D eigenvalue weighted by molar-refractivity contribution is 5.15. The summed E-state index contributed by atoms with van der Waals surface area (Å²) in [6.07, 6.45) is 12.2. The molecule has 8 nitrogen and oxygen atoms in total. The van der Waals surface area contributed by atoms with Crippen molar-refractivity contribution >= 4 is 0 Å². The van der Waals surface area contributed by atoms with Crippen LogP contribution in [0.5, 0.6) is 0 Å². The summed E-state index contributed by atoms with van der Waals surface area (Å²) in [6.45, 7) is 0. The van der Waals surface area contributed by atoms with Crippen LogP contribution < -0.4 is 5.48 Å². The van der Waals surface area contributed by atoms with E-state index in [4.69, 9.17) is 0 Å². The quantitative estimate of drug-likeness (QED) is 0.200. The van der Waals surface area contributed by atoms with Gasteiger partial charge in [-0.2, -0.15) is 5.21 Å². The van der Waals surface area contributed by atoms with Gasteiger partial charge in [0.1, 0.15) is 0 Å². The second-order valence-corrected chi connectivity index (χ2v) is 8.18. The van der Waals surface area contributed by atoms with Crippen molar-refractivity contribution in [2.45, 2.75) is 63.2 Å². The molecule has 0 amide bonds. The summed E-state index contributed by atoms with van der Waals surface area (Å²) in [5.74, 6) is 0.665. The Labute approximate surface area is 183 Å². The number of aromatic nitrogens is 4. The number of hydrogen-bond donors (Lipinski definition) is 5. The van der Waals surface area contributed by atoms with Crippen LogP contribution in [0.1, 0.15) is 43.5 Å². The molecular weight excluding hydrogens is 394 g/mol. The first-order valence-corrected chi connectivity index (χ1v) is 11.0. The van der Waals surface area contributed by atoms with E-state index < -0.39 is 12.2 Å². The zero-order valence-corrected chi connectivity index (χ0v) is 17.7. The van der Waals surface area contributed by atoms with Crippen molar-refractivity contribution in [2.24, 2.45) is 11.8 Å². The average molecular weight is 428 g/mol. The van der Waals surface area contributed by atoms with Gasteiger partial charge in [-0.05, 0) is 50.0 Å². The molecule has 8 heteroatoms. The Morgan fingerprint density at radius 2 is 2.03 bits per heavy atom. The fraction of sp³-hybridized carbons (Fsp3) is 0.522. The van der Waals surface area contributed by atoms with Crippen LogP contribution in [0.3, 0.4) is 0 Å². The zero-order valence-electron chi connectivity index (χ0n) is 17.7. The van der Waals surface area contributed by atoms with Gasteiger partial charge in [-0.15, -0.1) is 10.2 Å². The van der Waals surface area contributed by atoms with E-state index in [9.17, 15) is 15.4 Å².